The van der Waals surface area contributed by atoms with Gasteiger partial charge < -0.3 is 4.55 Å². The summed E-state index contributed by atoms with van der Waals surface area (Å²) in [5, 5.41) is 0. The molecular formula is C6H9O7S2-. The predicted octanol–water partition coefficient (Wildman–Crippen LogP) is -0.603. The third kappa shape index (κ3) is 9.80. The van der Waals surface area contributed by atoms with E-state index in [1.54, 1.807) is 0 Å². The second-order valence-corrected chi connectivity index (χ2v) is 4.05. The molecule has 88 valence electrons. The maximum absolute atomic E-state index is 10.2. The van der Waals surface area contributed by atoms with E-state index < -0.39 is 34.0 Å². The zero-order valence-electron chi connectivity index (χ0n) is 7.87. The second kappa shape index (κ2) is 6.16. The summed E-state index contributed by atoms with van der Waals surface area (Å²) < 4.78 is 56.9. The van der Waals surface area contributed by atoms with Crippen LogP contribution in [-0.2, 0) is 30.1 Å². The zero-order valence-corrected chi connectivity index (χ0v) is 9.50. The van der Waals surface area contributed by atoms with Gasteiger partial charge in [0.1, 0.15) is 12.2 Å². The van der Waals surface area contributed by atoms with E-state index in [0.29, 0.717) is 0 Å². The van der Waals surface area contributed by atoms with Gasteiger partial charge in [-0.25, -0.2) is 8.39 Å². The van der Waals surface area contributed by atoms with Gasteiger partial charge in [0.25, 0.3) is 0 Å². The van der Waals surface area contributed by atoms with E-state index >= 15 is 0 Å². The highest BCUT2D eigenvalue weighted by Gasteiger charge is 2.09. The molecule has 0 saturated heterocycles. The van der Waals surface area contributed by atoms with E-state index in [9.17, 15) is 17.2 Å². The van der Waals surface area contributed by atoms with Gasteiger partial charge in [-0.05, 0) is 13.8 Å². The Morgan fingerprint density at radius 1 is 1.33 bits per heavy atom. The third-order valence-corrected chi connectivity index (χ3v) is 1.96. The largest absolute Gasteiger partial charge is 0.750 e. The van der Waals surface area contributed by atoms with Crippen molar-refractivity contribution < 1.29 is 30.1 Å². The lowest BCUT2D eigenvalue weighted by molar-refractivity contribution is 0.238. The van der Waals surface area contributed by atoms with E-state index in [1.165, 1.54) is 13.8 Å². The van der Waals surface area contributed by atoms with E-state index in [0.717, 1.165) is 0 Å². The average Bonchev–Trinajstić information content (AvgIpc) is 1.96. The minimum Gasteiger partial charge on any atom is -0.750 e. The van der Waals surface area contributed by atoms with Gasteiger partial charge in [-0.15, -0.1) is 0 Å². The van der Waals surface area contributed by atoms with Crippen LogP contribution in [0, 0.1) is 11.8 Å². The van der Waals surface area contributed by atoms with Gasteiger partial charge in [0, 0.05) is 0 Å². The highest BCUT2D eigenvalue weighted by atomic mass is 32.3. The molecule has 0 aliphatic rings. The van der Waals surface area contributed by atoms with Gasteiger partial charge in [-0.2, -0.15) is 8.42 Å². The van der Waals surface area contributed by atoms with Gasteiger partial charge in [0.15, 0.2) is 0 Å². The molecule has 3 unspecified atom stereocenters. The molecule has 0 amide bonds. The molecule has 0 fully saturated rings. The van der Waals surface area contributed by atoms with Crippen LogP contribution in [0.5, 0.6) is 0 Å². The molecule has 1 N–H and O–H groups in total. The highest BCUT2D eigenvalue weighted by Crippen LogP contribution is 1.96. The summed E-state index contributed by atoms with van der Waals surface area (Å²) in [4.78, 5) is 0. The molecule has 0 radical (unpaired) electrons. The van der Waals surface area contributed by atoms with E-state index in [2.05, 4.69) is 20.2 Å². The molecule has 0 aromatic rings. The van der Waals surface area contributed by atoms with Crippen LogP contribution in [-0.4, -0.2) is 33.9 Å². The van der Waals surface area contributed by atoms with Crippen molar-refractivity contribution in [3.8, 4) is 11.8 Å². The average molecular weight is 257 g/mol. The first-order chi connectivity index (χ1) is 6.70. The highest BCUT2D eigenvalue weighted by molar-refractivity contribution is 7.80. The smallest absolute Gasteiger partial charge is 0.398 e. The normalized spacial score (nSPS) is 17.3. The molecule has 7 nitrogen and oxygen atoms in total. The van der Waals surface area contributed by atoms with Gasteiger partial charge >= 0.3 is 10.4 Å². The molecule has 0 aromatic heterocycles. The number of hydrogen-bond acceptors (Lipinski definition) is 6. The predicted molar refractivity (Wildman–Crippen MR) is 49.3 cm³/mol. The van der Waals surface area contributed by atoms with Crippen molar-refractivity contribution in [1.82, 2.24) is 0 Å². The van der Waals surface area contributed by atoms with Crippen molar-refractivity contribution in [1.29, 1.82) is 0 Å². The summed E-state index contributed by atoms with van der Waals surface area (Å²) in [6.07, 6.45) is -2.01. The molecule has 0 saturated carbocycles. The van der Waals surface area contributed by atoms with Crippen molar-refractivity contribution in [3.05, 3.63) is 0 Å². The minimum absolute atomic E-state index is 0.921. The Bertz CT molecular complexity index is 376. The first-order valence-corrected chi connectivity index (χ1v) is 6.00. The molecule has 15 heavy (non-hydrogen) atoms. The molecule has 3 atom stereocenters. The van der Waals surface area contributed by atoms with E-state index in [-0.39, 0.29) is 0 Å². The molecule has 0 spiro atoms. The molecule has 0 aromatic carbocycles. The molecule has 9 heteroatoms. The molecule has 0 heterocycles. The number of hydrogen-bond donors (Lipinski definition) is 1. The van der Waals surface area contributed by atoms with Crippen LogP contribution in [0.2, 0.25) is 0 Å². The molecule has 0 aliphatic carbocycles. The monoisotopic (exact) mass is 257 g/mol. The van der Waals surface area contributed by atoms with Crippen molar-refractivity contribution in [2.24, 2.45) is 0 Å². The topological polar surface area (TPSA) is 113 Å². The third-order valence-electron chi connectivity index (χ3n) is 0.979. The zero-order chi connectivity index (χ0) is 12.1. The van der Waals surface area contributed by atoms with Crippen LogP contribution in [0.15, 0.2) is 0 Å². The number of rotatable bonds is 4. The lowest BCUT2D eigenvalue weighted by atomic mass is 10.3. The van der Waals surface area contributed by atoms with Gasteiger partial charge in [-0.3, -0.25) is 8.74 Å². The molecule has 0 bridgehead atoms. The van der Waals surface area contributed by atoms with Crippen LogP contribution >= 0.6 is 0 Å². The SMILES string of the molecule is CC(C#CC(C)OS(=O)(=O)O)OS(=O)[O-]. The van der Waals surface area contributed by atoms with E-state index in [4.69, 9.17) is 4.55 Å². The second-order valence-electron chi connectivity index (χ2n) is 2.40. The van der Waals surface area contributed by atoms with Gasteiger partial charge in [0.05, 0.1) is 11.4 Å². The van der Waals surface area contributed by atoms with Crippen molar-refractivity contribution in [2.75, 3.05) is 0 Å². The Balaban J connectivity index is 4.22. The maximum atomic E-state index is 10.2. The Labute approximate surface area is 90.2 Å². The summed E-state index contributed by atoms with van der Waals surface area (Å²) in [7, 11) is -4.56. The summed E-state index contributed by atoms with van der Waals surface area (Å²) in [5.41, 5.74) is 0. The van der Waals surface area contributed by atoms with Gasteiger partial charge in [0.2, 0.25) is 0 Å². The molecule has 0 aliphatic heterocycles. The fourth-order valence-electron chi connectivity index (χ4n) is 0.583. The van der Waals surface area contributed by atoms with Crippen LogP contribution in [0.1, 0.15) is 13.8 Å². The van der Waals surface area contributed by atoms with Crippen molar-refractivity contribution >= 4 is 21.8 Å². The Kier molecular flexibility index (Phi) is 5.96. The summed E-state index contributed by atoms with van der Waals surface area (Å²) >= 11 is -2.69. The minimum atomic E-state index is -4.56. The van der Waals surface area contributed by atoms with Crippen LogP contribution in [0.25, 0.3) is 0 Å². The Morgan fingerprint density at radius 2 is 1.80 bits per heavy atom. The first kappa shape index (κ1) is 14.5. The molecule has 0 rings (SSSR count). The molecular weight excluding hydrogens is 248 g/mol. The standard InChI is InChI=1S/C6H10O7S2/c1-5(12-14(7)8)3-4-6(2)13-15(9,10)11/h5-6H,1-2H3,(H,7,8)(H,9,10,11)/p-1. The van der Waals surface area contributed by atoms with Crippen LogP contribution in [0.4, 0.5) is 0 Å². The lowest BCUT2D eigenvalue weighted by Crippen LogP contribution is -2.14. The summed E-state index contributed by atoms with van der Waals surface area (Å²) in [6.45, 7) is 2.62. The Morgan fingerprint density at radius 3 is 2.20 bits per heavy atom. The van der Waals surface area contributed by atoms with Crippen LogP contribution in [0.3, 0.4) is 0 Å². The lowest BCUT2D eigenvalue weighted by Gasteiger charge is -2.08. The maximum Gasteiger partial charge on any atom is 0.398 e. The van der Waals surface area contributed by atoms with E-state index in [1.807, 2.05) is 0 Å². The fraction of sp³-hybridized carbons (Fsp3) is 0.667. The van der Waals surface area contributed by atoms with Crippen molar-refractivity contribution in [3.63, 3.8) is 0 Å². The summed E-state index contributed by atoms with van der Waals surface area (Å²) in [6, 6.07) is 0. The fourth-order valence-corrected chi connectivity index (χ4v) is 1.28. The Hall–Kier alpha value is -0.500. The van der Waals surface area contributed by atoms with Crippen LogP contribution < -0.4 is 0 Å². The van der Waals surface area contributed by atoms with Gasteiger partial charge in [-0.1, -0.05) is 11.8 Å². The van der Waals surface area contributed by atoms with Crippen molar-refractivity contribution in [2.45, 2.75) is 26.1 Å². The quantitative estimate of drug-likeness (QED) is 0.406. The summed E-state index contributed by atoms with van der Waals surface area (Å²) in [5.74, 6) is 4.51. The first-order valence-electron chi connectivity index (χ1n) is 3.64.